The molecule has 2 aromatic carbocycles. The van der Waals surface area contributed by atoms with Crippen LogP contribution in [0.15, 0.2) is 60.7 Å². The zero-order chi connectivity index (χ0) is 17.9. The monoisotopic (exact) mass is 346 g/mol. The first-order valence-corrected chi connectivity index (χ1v) is 8.92. The maximum atomic E-state index is 12.6. The van der Waals surface area contributed by atoms with E-state index < -0.39 is 0 Å². The van der Waals surface area contributed by atoms with Crippen LogP contribution in [-0.2, 0) is 0 Å². The fraction of sp³-hybridized carbons (Fsp3) is 0.238. The van der Waals surface area contributed by atoms with Crippen molar-refractivity contribution >= 4 is 28.3 Å². The van der Waals surface area contributed by atoms with Gasteiger partial charge in [0.15, 0.2) is 0 Å². The molecule has 26 heavy (non-hydrogen) atoms. The van der Waals surface area contributed by atoms with Gasteiger partial charge in [0.1, 0.15) is 0 Å². The Labute approximate surface area is 153 Å². The van der Waals surface area contributed by atoms with Crippen molar-refractivity contribution in [1.82, 2.24) is 9.88 Å². The van der Waals surface area contributed by atoms with Gasteiger partial charge in [-0.2, -0.15) is 0 Å². The van der Waals surface area contributed by atoms with E-state index in [2.05, 4.69) is 27.3 Å². The van der Waals surface area contributed by atoms with Crippen LogP contribution in [0.3, 0.4) is 0 Å². The molecule has 1 aliphatic rings. The van der Waals surface area contributed by atoms with Crippen molar-refractivity contribution in [3.8, 4) is 0 Å². The van der Waals surface area contributed by atoms with Crippen molar-refractivity contribution in [2.75, 3.05) is 36.4 Å². The third-order valence-electron chi connectivity index (χ3n) is 4.77. The van der Waals surface area contributed by atoms with E-state index in [0.29, 0.717) is 13.1 Å². The molecule has 2 amide bonds. The highest BCUT2D eigenvalue weighted by Crippen LogP contribution is 2.19. The molecule has 132 valence electrons. The lowest BCUT2D eigenvalue weighted by molar-refractivity contribution is 0.208. The summed E-state index contributed by atoms with van der Waals surface area (Å²) in [4.78, 5) is 21.3. The average molecular weight is 346 g/mol. The highest BCUT2D eigenvalue weighted by Gasteiger charge is 2.21. The van der Waals surface area contributed by atoms with Crippen LogP contribution >= 0.6 is 0 Å². The molecule has 0 spiro atoms. The van der Waals surface area contributed by atoms with Gasteiger partial charge in [-0.15, -0.1) is 0 Å². The predicted octanol–water partition coefficient (Wildman–Crippen LogP) is 3.90. The van der Waals surface area contributed by atoms with Crippen LogP contribution in [0.4, 0.5) is 16.2 Å². The van der Waals surface area contributed by atoms with Crippen molar-refractivity contribution in [3.63, 3.8) is 0 Å². The highest BCUT2D eigenvalue weighted by molar-refractivity contribution is 5.92. The number of urea groups is 1. The molecule has 0 aliphatic carbocycles. The van der Waals surface area contributed by atoms with E-state index in [1.165, 1.54) is 5.69 Å². The van der Waals surface area contributed by atoms with Gasteiger partial charge in [-0.25, -0.2) is 4.79 Å². The lowest BCUT2D eigenvalue weighted by Crippen LogP contribution is -2.50. The topological polar surface area (TPSA) is 48.5 Å². The number of hydrogen-bond donors (Lipinski definition) is 1. The maximum absolute atomic E-state index is 12.6. The van der Waals surface area contributed by atoms with E-state index in [4.69, 9.17) is 0 Å². The molecule has 0 atom stereocenters. The van der Waals surface area contributed by atoms with Crippen molar-refractivity contribution in [2.45, 2.75) is 6.92 Å². The largest absolute Gasteiger partial charge is 0.368 e. The number of nitrogens with one attached hydrogen (secondary N) is 1. The van der Waals surface area contributed by atoms with Crippen LogP contribution in [0, 0.1) is 6.92 Å². The highest BCUT2D eigenvalue weighted by atomic mass is 16.2. The van der Waals surface area contributed by atoms with Crippen molar-refractivity contribution in [1.29, 1.82) is 0 Å². The summed E-state index contributed by atoms with van der Waals surface area (Å²) in [6.07, 6.45) is 0. The Morgan fingerprint density at radius 2 is 1.69 bits per heavy atom. The standard InChI is InChI=1S/C21H22N4O/c1-16-7-8-17-9-10-18(15-20(17)22-16)23-21(26)25-13-11-24(12-14-25)19-5-3-2-4-6-19/h2-10,15H,11-14H2,1H3,(H,23,26). The lowest BCUT2D eigenvalue weighted by atomic mass is 10.2. The fourth-order valence-electron chi connectivity index (χ4n) is 3.31. The number of aryl methyl sites for hydroxylation is 1. The number of anilines is 2. The maximum Gasteiger partial charge on any atom is 0.321 e. The molecule has 0 radical (unpaired) electrons. The molecule has 1 saturated heterocycles. The van der Waals surface area contributed by atoms with Crippen molar-refractivity contribution in [2.24, 2.45) is 0 Å². The van der Waals surface area contributed by atoms with E-state index in [1.807, 2.05) is 60.4 Å². The van der Waals surface area contributed by atoms with Crippen LogP contribution in [0.5, 0.6) is 0 Å². The third-order valence-corrected chi connectivity index (χ3v) is 4.77. The molecular formula is C21H22N4O. The minimum atomic E-state index is -0.0512. The summed E-state index contributed by atoms with van der Waals surface area (Å²) in [5.74, 6) is 0. The zero-order valence-corrected chi connectivity index (χ0v) is 14.9. The zero-order valence-electron chi connectivity index (χ0n) is 14.9. The van der Waals surface area contributed by atoms with Gasteiger partial charge in [0, 0.05) is 48.6 Å². The van der Waals surface area contributed by atoms with E-state index in [1.54, 1.807) is 0 Å². The predicted molar refractivity (Wildman–Crippen MR) is 106 cm³/mol. The quantitative estimate of drug-likeness (QED) is 0.766. The minimum absolute atomic E-state index is 0.0512. The summed E-state index contributed by atoms with van der Waals surface area (Å²) in [7, 11) is 0. The molecule has 1 fully saturated rings. The molecular weight excluding hydrogens is 324 g/mol. The molecule has 5 nitrogen and oxygen atoms in total. The molecule has 2 heterocycles. The number of carbonyl (C=O) groups excluding carboxylic acids is 1. The van der Waals surface area contributed by atoms with Crippen LogP contribution in [-0.4, -0.2) is 42.1 Å². The lowest BCUT2D eigenvalue weighted by Gasteiger charge is -2.36. The molecule has 0 unspecified atom stereocenters. The van der Waals surface area contributed by atoms with E-state index in [-0.39, 0.29) is 6.03 Å². The number of hydrogen-bond acceptors (Lipinski definition) is 3. The molecule has 1 aliphatic heterocycles. The van der Waals surface area contributed by atoms with Gasteiger partial charge in [-0.3, -0.25) is 4.98 Å². The second kappa shape index (κ2) is 7.04. The summed E-state index contributed by atoms with van der Waals surface area (Å²) in [5, 5.41) is 4.08. The van der Waals surface area contributed by atoms with Gasteiger partial charge >= 0.3 is 6.03 Å². The van der Waals surface area contributed by atoms with Crippen molar-refractivity contribution < 1.29 is 4.79 Å². The SMILES string of the molecule is Cc1ccc2ccc(NC(=O)N3CCN(c4ccccc4)CC3)cc2n1. The van der Waals surface area contributed by atoms with E-state index in [9.17, 15) is 4.79 Å². The number of nitrogens with zero attached hydrogens (tertiary/aromatic N) is 3. The van der Waals surface area contributed by atoms with Gasteiger partial charge in [0.25, 0.3) is 0 Å². The Morgan fingerprint density at radius 3 is 2.46 bits per heavy atom. The second-order valence-corrected chi connectivity index (χ2v) is 6.60. The number of para-hydroxylation sites is 1. The number of rotatable bonds is 2. The number of piperazine rings is 1. The number of benzene rings is 2. The van der Waals surface area contributed by atoms with Crippen LogP contribution in [0.1, 0.15) is 5.69 Å². The fourth-order valence-corrected chi connectivity index (χ4v) is 3.31. The van der Waals surface area contributed by atoms with Gasteiger partial charge in [0.2, 0.25) is 0 Å². The van der Waals surface area contributed by atoms with E-state index >= 15 is 0 Å². The Bertz CT molecular complexity index is 918. The molecule has 4 rings (SSSR count). The van der Waals surface area contributed by atoms with Crippen LogP contribution in [0.25, 0.3) is 10.9 Å². The van der Waals surface area contributed by atoms with E-state index in [0.717, 1.165) is 35.4 Å². The first-order chi connectivity index (χ1) is 12.7. The number of aromatic nitrogens is 1. The third kappa shape index (κ3) is 3.47. The smallest absolute Gasteiger partial charge is 0.321 e. The first-order valence-electron chi connectivity index (χ1n) is 8.92. The number of amides is 2. The molecule has 3 aromatic rings. The molecule has 5 heteroatoms. The van der Waals surface area contributed by atoms with Crippen LogP contribution in [0.2, 0.25) is 0 Å². The number of fused-ring (bicyclic) bond motifs is 1. The van der Waals surface area contributed by atoms with Gasteiger partial charge < -0.3 is 15.1 Å². The summed E-state index contributed by atoms with van der Waals surface area (Å²) < 4.78 is 0. The molecule has 0 bridgehead atoms. The van der Waals surface area contributed by atoms with Gasteiger partial charge in [0.05, 0.1) is 5.52 Å². The van der Waals surface area contributed by atoms with Gasteiger partial charge in [-0.1, -0.05) is 30.3 Å². The number of carbonyl (C=O) groups is 1. The molecule has 1 N–H and O–H groups in total. The summed E-state index contributed by atoms with van der Waals surface area (Å²) in [6.45, 7) is 5.08. The summed E-state index contributed by atoms with van der Waals surface area (Å²) in [5.41, 5.74) is 3.87. The molecule has 1 aromatic heterocycles. The van der Waals surface area contributed by atoms with Crippen molar-refractivity contribution in [3.05, 3.63) is 66.4 Å². The second-order valence-electron chi connectivity index (χ2n) is 6.60. The Hall–Kier alpha value is -3.08. The minimum Gasteiger partial charge on any atom is -0.368 e. The summed E-state index contributed by atoms with van der Waals surface area (Å²) in [6, 6.07) is 20.2. The Balaban J connectivity index is 1.40. The van der Waals surface area contributed by atoms with Gasteiger partial charge in [-0.05, 0) is 37.3 Å². The number of pyridine rings is 1. The molecule has 0 saturated carbocycles. The first kappa shape index (κ1) is 16.4. The Kier molecular flexibility index (Phi) is 4.44. The Morgan fingerprint density at radius 1 is 0.962 bits per heavy atom. The van der Waals surface area contributed by atoms with Crippen LogP contribution < -0.4 is 10.2 Å². The summed E-state index contributed by atoms with van der Waals surface area (Å²) >= 11 is 0. The normalized spacial score (nSPS) is 14.5. The average Bonchev–Trinajstić information content (AvgIpc) is 2.68.